The molecule has 1 aromatic carbocycles. The van der Waals surface area contributed by atoms with E-state index in [4.69, 9.17) is 45.1 Å². The summed E-state index contributed by atoms with van der Waals surface area (Å²) in [4.78, 5) is 16.2. The van der Waals surface area contributed by atoms with Crippen molar-refractivity contribution in [2.24, 2.45) is 0 Å². The van der Waals surface area contributed by atoms with E-state index in [9.17, 15) is 9.18 Å². The van der Waals surface area contributed by atoms with Gasteiger partial charge in [-0.2, -0.15) is 9.37 Å². The average molecular weight is 418 g/mol. The van der Waals surface area contributed by atoms with E-state index >= 15 is 0 Å². The SMILES string of the molecule is Nc1c(Cl)c(F)n(Cc2nc(CCc3ccc(Cl)cc3)no2)c(=O)c1Cl. The van der Waals surface area contributed by atoms with Crippen molar-refractivity contribution >= 4 is 40.5 Å². The Labute approximate surface area is 162 Å². The van der Waals surface area contributed by atoms with Crippen molar-refractivity contribution < 1.29 is 8.91 Å². The molecule has 136 valence electrons. The number of halogens is 4. The van der Waals surface area contributed by atoms with Crippen LogP contribution in [0.1, 0.15) is 17.3 Å². The Morgan fingerprint density at radius 3 is 2.50 bits per heavy atom. The first-order valence-corrected chi connectivity index (χ1v) is 8.59. The highest BCUT2D eigenvalue weighted by molar-refractivity contribution is 6.38. The number of pyridine rings is 1. The first kappa shape index (κ1) is 18.7. The summed E-state index contributed by atoms with van der Waals surface area (Å²) in [6.45, 7) is -0.307. The number of nitrogens with zero attached hydrogens (tertiary/aromatic N) is 3. The molecule has 26 heavy (non-hydrogen) atoms. The summed E-state index contributed by atoms with van der Waals surface area (Å²) in [7, 11) is 0. The summed E-state index contributed by atoms with van der Waals surface area (Å²) in [6, 6.07) is 7.39. The van der Waals surface area contributed by atoms with Crippen LogP contribution in [0.2, 0.25) is 15.1 Å². The maximum atomic E-state index is 14.2. The molecule has 2 heterocycles. The molecule has 0 aliphatic carbocycles. The predicted molar refractivity (Wildman–Crippen MR) is 97.4 cm³/mol. The van der Waals surface area contributed by atoms with Crippen LogP contribution in [0.3, 0.4) is 0 Å². The fraction of sp³-hybridized carbons (Fsp3) is 0.188. The van der Waals surface area contributed by atoms with Gasteiger partial charge < -0.3 is 10.3 Å². The maximum Gasteiger partial charge on any atom is 0.274 e. The minimum atomic E-state index is -1.01. The molecule has 2 aromatic heterocycles. The van der Waals surface area contributed by atoms with Gasteiger partial charge >= 0.3 is 0 Å². The average Bonchev–Trinajstić information content (AvgIpc) is 3.09. The third-order valence-corrected chi connectivity index (χ3v) is 4.65. The Kier molecular flexibility index (Phi) is 5.50. The third kappa shape index (κ3) is 3.85. The van der Waals surface area contributed by atoms with Crippen molar-refractivity contribution in [3.8, 4) is 0 Å². The van der Waals surface area contributed by atoms with Crippen LogP contribution >= 0.6 is 34.8 Å². The number of nitrogens with two attached hydrogens (primary N) is 1. The highest BCUT2D eigenvalue weighted by Gasteiger charge is 2.19. The molecule has 3 rings (SSSR count). The van der Waals surface area contributed by atoms with Gasteiger partial charge in [0.25, 0.3) is 5.56 Å². The number of hydrogen-bond acceptors (Lipinski definition) is 5. The van der Waals surface area contributed by atoms with Gasteiger partial charge in [0, 0.05) is 11.4 Å². The maximum absolute atomic E-state index is 14.2. The first-order chi connectivity index (χ1) is 12.4. The van der Waals surface area contributed by atoms with Crippen molar-refractivity contribution in [3.63, 3.8) is 0 Å². The van der Waals surface area contributed by atoms with Gasteiger partial charge in [-0.25, -0.2) is 0 Å². The molecule has 0 spiro atoms. The van der Waals surface area contributed by atoms with Crippen LogP contribution in [0, 0.1) is 5.95 Å². The zero-order valence-electron chi connectivity index (χ0n) is 13.2. The lowest BCUT2D eigenvalue weighted by Gasteiger charge is -2.09. The van der Waals surface area contributed by atoms with Crippen LogP contribution in [0.15, 0.2) is 33.6 Å². The number of anilines is 1. The van der Waals surface area contributed by atoms with Crippen LogP contribution in [0.4, 0.5) is 10.1 Å². The third-order valence-electron chi connectivity index (χ3n) is 3.68. The standard InChI is InChI=1S/C16H12Cl3FN4O2/c17-9-4-1-8(2-5-9)3-6-10-22-11(26-23-10)7-24-15(20)12(18)14(21)13(19)16(24)25/h1-2,4-5H,3,6-7,21H2. The normalized spacial score (nSPS) is 11.1. The van der Waals surface area contributed by atoms with Gasteiger partial charge in [-0.1, -0.05) is 52.1 Å². The number of aryl methyl sites for hydroxylation is 2. The van der Waals surface area contributed by atoms with Crippen molar-refractivity contribution in [1.29, 1.82) is 0 Å². The summed E-state index contributed by atoms with van der Waals surface area (Å²) in [5.41, 5.74) is 5.40. The second-order valence-corrected chi connectivity index (χ2v) is 6.65. The Bertz CT molecular complexity index is 1000. The van der Waals surface area contributed by atoms with Crippen LogP contribution in [-0.4, -0.2) is 14.7 Å². The Balaban J connectivity index is 1.75. The summed E-state index contributed by atoms with van der Waals surface area (Å²) in [5, 5.41) is 3.69. The first-order valence-electron chi connectivity index (χ1n) is 7.45. The van der Waals surface area contributed by atoms with Gasteiger partial charge in [0.05, 0.1) is 5.69 Å². The van der Waals surface area contributed by atoms with Gasteiger partial charge in [0.1, 0.15) is 16.6 Å². The second-order valence-electron chi connectivity index (χ2n) is 5.45. The number of hydrogen-bond donors (Lipinski definition) is 1. The molecular weight excluding hydrogens is 406 g/mol. The minimum Gasteiger partial charge on any atom is -0.396 e. The molecule has 0 saturated carbocycles. The van der Waals surface area contributed by atoms with E-state index in [2.05, 4.69) is 10.1 Å². The molecule has 2 N–H and O–H groups in total. The number of aromatic nitrogens is 3. The van der Waals surface area contributed by atoms with E-state index in [0.29, 0.717) is 28.3 Å². The summed E-state index contributed by atoms with van der Waals surface area (Å²) < 4.78 is 20.0. The van der Waals surface area contributed by atoms with Gasteiger partial charge in [0.15, 0.2) is 5.82 Å². The fourth-order valence-electron chi connectivity index (χ4n) is 2.29. The number of nitrogen functional groups attached to an aromatic ring is 1. The largest absolute Gasteiger partial charge is 0.396 e. The zero-order valence-corrected chi connectivity index (χ0v) is 15.4. The monoisotopic (exact) mass is 416 g/mol. The summed E-state index contributed by atoms with van der Waals surface area (Å²) in [6.07, 6.45) is 1.18. The predicted octanol–water partition coefficient (Wildman–Crippen LogP) is 3.75. The molecule has 3 aromatic rings. The molecule has 0 saturated heterocycles. The smallest absolute Gasteiger partial charge is 0.274 e. The van der Waals surface area contributed by atoms with E-state index in [0.717, 1.165) is 5.56 Å². The van der Waals surface area contributed by atoms with Gasteiger partial charge in [-0.15, -0.1) is 0 Å². The molecule has 0 aliphatic heterocycles. The van der Waals surface area contributed by atoms with E-state index < -0.39 is 16.5 Å². The molecule has 0 radical (unpaired) electrons. The number of rotatable bonds is 5. The second kappa shape index (κ2) is 7.65. The Hall–Kier alpha value is -2.09. The molecule has 0 aliphatic rings. The quantitative estimate of drug-likeness (QED) is 0.639. The fourth-order valence-corrected chi connectivity index (χ4v) is 2.86. The van der Waals surface area contributed by atoms with Crippen LogP contribution in [0.5, 0.6) is 0 Å². The zero-order chi connectivity index (χ0) is 18.8. The van der Waals surface area contributed by atoms with Crippen molar-refractivity contribution in [1.82, 2.24) is 14.7 Å². The molecule has 0 fully saturated rings. The lowest BCUT2D eigenvalue weighted by molar-refractivity contribution is 0.354. The lowest BCUT2D eigenvalue weighted by atomic mass is 10.1. The molecule has 6 nitrogen and oxygen atoms in total. The summed E-state index contributed by atoms with van der Waals surface area (Å²) >= 11 is 17.4. The van der Waals surface area contributed by atoms with Gasteiger partial charge in [-0.3, -0.25) is 9.36 Å². The van der Waals surface area contributed by atoms with Crippen LogP contribution < -0.4 is 11.3 Å². The molecule has 10 heteroatoms. The van der Waals surface area contributed by atoms with E-state index in [1.54, 1.807) is 12.1 Å². The van der Waals surface area contributed by atoms with Gasteiger partial charge in [0.2, 0.25) is 11.8 Å². The van der Waals surface area contributed by atoms with Crippen molar-refractivity contribution in [3.05, 3.63) is 72.9 Å². The lowest BCUT2D eigenvalue weighted by Crippen LogP contribution is -2.25. The topological polar surface area (TPSA) is 86.9 Å². The highest BCUT2D eigenvalue weighted by Crippen LogP contribution is 2.26. The highest BCUT2D eigenvalue weighted by atomic mass is 35.5. The molecular formula is C16H12Cl3FN4O2. The van der Waals surface area contributed by atoms with Crippen LogP contribution in [-0.2, 0) is 19.4 Å². The van der Waals surface area contributed by atoms with Crippen molar-refractivity contribution in [2.45, 2.75) is 19.4 Å². The Morgan fingerprint density at radius 1 is 1.12 bits per heavy atom. The summed E-state index contributed by atoms with van der Waals surface area (Å²) in [5.74, 6) is -0.537. The van der Waals surface area contributed by atoms with Crippen LogP contribution in [0.25, 0.3) is 0 Å². The van der Waals surface area contributed by atoms with Crippen molar-refractivity contribution in [2.75, 3.05) is 5.73 Å². The molecule has 0 bridgehead atoms. The van der Waals surface area contributed by atoms with E-state index in [-0.39, 0.29) is 23.1 Å². The van der Waals surface area contributed by atoms with Gasteiger partial charge in [-0.05, 0) is 24.1 Å². The minimum absolute atomic E-state index is 0.0500. The Morgan fingerprint density at radius 2 is 1.81 bits per heavy atom. The molecule has 0 amide bonds. The van der Waals surface area contributed by atoms with E-state index in [1.165, 1.54) is 0 Å². The number of benzene rings is 1. The molecule has 0 atom stereocenters. The van der Waals surface area contributed by atoms with E-state index in [1.807, 2.05) is 12.1 Å². The molecule has 0 unspecified atom stereocenters.